The van der Waals surface area contributed by atoms with Gasteiger partial charge in [-0.15, -0.1) is 0 Å². The minimum absolute atomic E-state index is 0.109. The number of hydrogen-bond donors (Lipinski definition) is 0. The fourth-order valence-corrected chi connectivity index (χ4v) is 3.43. The topological polar surface area (TPSA) is 64.8 Å². The predicted molar refractivity (Wildman–Crippen MR) is 75.3 cm³/mol. The van der Waals surface area contributed by atoms with Crippen LogP contribution in [0, 0.1) is 0 Å². The summed E-state index contributed by atoms with van der Waals surface area (Å²) in [6, 6.07) is 3.28. The van der Waals surface area contributed by atoms with E-state index in [2.05, 4.69) is 26.0 Å². The maximum Gasteiger partial charge on any atom is 0.185 e. The first-order chi connectivity index (χ1) is 9.01. The van der Waals surface area contributed by atoms with Gasteiger partial charge in [0.05, 0.1) is 16.3 Å². The summed E-state index contributed by atoms with van der Waals surface area (Å²) in [4.78, 5) is 4.08. The zero-order valence-electron chi connectivity index (χ0n) is 10.5. The summed E-state index contributed by atoms with van der Waals surface area (Å²) < 4.78 is 26.8. The summed E-state index contributed by atoms with van der Waals surface area (Å²) >= 11 is 3.22. The number of hydrogen-bond acceptors (Lipinski definition) is 4. The Labute approximate surface area is 120 Å². The Morgan fingerprint density at radius 1 is 1.37 bits per heavy atom. The number of pyridine rings is 1. The maximum absolute atomic E-state index is 12.2. The third-order valence-corrected chi connectivity index (χ3v) is 4.58. The van der Waals surface area contributed by atoms with E-state index < -0.39 is 9.84 Å². The molecule has 0 radical (unpaired) electrons. The first-order valence-corrected chi connectivity index (χ1v) is 8.31. The molecular weight excluding hydrogens is 330 g/mol. The average molecular weight is 344 g/mol. The molecule has 0 spiro atoms. The quantitative estimate of drug-likeness (QED) is 0.836. The van der Waals surface area contributed by atoms with Crippen molar-refractivity contribution in [3.05, 3.63) is 40.9 Å². The van der Waals surface area contributed by atoms with E-state index in [0.29, 0.717) is 10.2 Å². The van der Waals surface area contributed by atoms with Crippen molar-refractivity contribution in [3.8, 4) is 0 Å². The van der Waals surface area contributed by atoms with Gasteiger partial charge in [0, 0.05) is 29.6 Å². The monoisotopic (exact) mass is 343 g/mol. The van der Waals surface area contributed by atoms with Gasteiger partial charge in [0.25, 0.3) is 0 Å². The Kier molecular flexibility index (Phi) is 4.36. The molecule has 0 unspecified atom stereocenters. The van der Waals surface area contributed by atoms with E-state index in [1.807, 2.05) is 6.92 Å². The van der Waals surface area contributed by atoms with Crippen LogP contribution < -0.4 is 0 Å². The smallest absolute Gasteiger partial charge is 0.185 e. The molecule has 0 saturated heterocycles. The molecule has 0 N–H and O–H groups in total. The number of aromatic nitrogens is 3. The Morgan fingerprint density at radius 3 is 2.84 bits per heavy atom. The van der Waals surface area contributed by atoms with E-state index in [4.69, 9.17) is 0 Å². The highest BCUT2D eigenvalue weighted by Gasteiger charge is 2.17. The Morgan fingerprint density at radius 2 is 2.16 bits per heavy atom. The van der Waals surface area contributed by atoms with Crippen LogP contribution in [0.25, 0.3) is 0 Å². The highest BCUT2D eigenvalue weighted by atomic mass is 79.9. The summed E-state index contributed by atoms with van der Waals surface area (Å²) in [5, 5.41) is 4.24. The van der Waals surface area contributed by atoms with Gasteiger partial charge < -0.3 is 0 Å². The second kappa shape index (κ2) is 5.83. The van der Waals surface area contributed by atoms with Gasteiger partial charge in [-0.1, -0.05) is 6.92 Å². The third kappa shape index (κ3) is 3.63. The number of halogens is 1. The van der Waals surface area contributed by atoms with Gasteiger partial charge in [0.15, 0.2) is 9.84 Å². The molecule has 0 fully saturated rings. The molecule has 5 nitrogen and oxygen atoms in total. The molecule has 2 aromatic rings. The fourth-order valence-electron chi connectivity index (χ4n) is 1.67. The number of nitrogens with zero attached hydrogens (tertiary/aromatic N) is 3. The van der Waals surface area contributed by atoms with Crippen molar-refractivity contribution in [1.29, 1.82) is 0 Å². The van der Waals surface area contributed by atoms with Gasteiger partial charge in [-0.3, -0.25) is 9.67 Å². The maximum atomic E-state index is 12.2. The zero-order chi connectivity index (χ0) is 13.9. The van der Waals surface area contributed by atoms with E-state index in [-0.39, 0.29) is 10.6 Å². The Balaban J connectivity index is 2.21. The van der Waals surface area contributed by atoms with Gasteiger partial charge in [0.2, 0.25) is 0 Å². The van der Waals surface area contributed by atoms with Crippen molar-refractivity contribution < 1.29 is 8.42 Å². The van der Waals surface area contributed by atoms with E-state index in [9.17, 15) is 8.42 Å². The third-order valence-electron chi connectivity index (χ3n) is 2.53. The van der Waals surface area contributed by atoms with Crippen LogP contribution in [-0.4, -0.2) is 23.2 Å². The van der Waals surface area contributed by atoms with Crippen LogP contribution in [0.15, 0.2) is 40.1 Å². The van der Waals surface area contributed by atoms with E-state index in [1.54, 1.807) is 29.2 Å². The van der Waals surface area contributed by atoms with E-state index >= 15 is 0 Å². The van der Waals surface area contributed by atoms with Crippen LogP contribution >= 0.6 is 15.9 Å². The molecule has 19 heavy (non-hydrogen) atoms. The van der Waals surface area contributed by atoms with Crippen LogP contribution in [0.1, 0.15) is 19.0 Å². The van der Waals surface area contributed by atoms with Gasteiger partial charge in [0.1, 0.15) is 0 Å². The van der Waals surface area contributed by atoms with E-state index in [0.717, 1.165) is 13.0 Å². The van der Waals surface area contributed by atoms with Crippen LogP contribution in [0.3, 0.4) is 0 Å². The van der Waals surface area contributed by atoms with E-state index in [1.165, 1.54) is 6.20 Å². The predicted octanol–water partition coefficient (Wildman–Crippen LogP) is 2.42. The molecule has 0 bridgehead atoms. The lowest BCUT2D eigenvalue weighted by Gasteiger charge is -2.02. The highest BCUT2D eigenvalue weighted by Crippen LogP contribution is 2.18. The molecule has 0 aliphatic rings. The zero-order valence-corrected chi connectivity index (χ0v) is 12.9. The normalized spacial score (nSPS) is 11.7. The molecule has 2 heterocycles. The van der Waals surface area contributed by atoms with Gasteiger partial charge in [-0.25, -0.2) is 8.42 Å². The number of aryl methyl sites for hydroxylation is 1. The summed E-state index contributed by atoms with van der Waals surface area (Å²) in [5.41, 5.74) is 0.549. The SMILES string of the molecule is CCCn1ccc(CS(=O)(=O)c2cncc(Br)c2)n1. The summed E-state index contributed by atoms with van der Waals surface area (Å²) in [5.74, 6) is -0.109. The molecule has 0 aliphatic heterocycles. The van der Waals surface area contributed by atoms with Crippen LogP contribution in [0.5, 0.6) is 0 Å². The standard InChI is InChI=1S/C12H14BrN3O2S/c1-2-4-16-5-3-11(15-16)9-19(17,18)12-6-10(13)7-14-8-12/h3,5-8H,2,4,9H2,1H3. The van der Waals surface area contributed by atoms with Crippen molar-refractivity contribution in [2.45, 2.75) is 30.5 Å². The lowest BCUT2D eigenvalue weighted by atomic mass is 10.5. The van der Waals surface area contributed by atoms with Crippen molar-refractivity contribution in [3.63, 3.8) is 0 Å². The second-order valence-electron chi connectivity index (χ2n) is 4.17. The van der Waals surface area contributed by atoms with Crippen molar-refractivity contribution >= 4 is 25.8 Å². The van der Waals surface area contributed by atoms with Crippen molar-refractivity contribution in [2.75, 3.05) is 0 Å². The average Bonchev–Trinajstić information content (AvgIpc) is 2.76. The Hall–Kier alpha value is -1.21. The molecule has 0 atom stereocenters. The van der Waals surface area contributed by atoms with Gasteiger partial charge >= 0.3 is 0 Å². The summed E-state index contributed by atoms with van der Waals surface area (Å²) in [6.07, 6.45) is 5.66. The molecule has 7 heteroatoms. The van der Waals surface area contributed by atoms with Gasteiger partial charge in [-0.05, 0) is 34.5 Å². The molecule has 0 aliphatic carbocycles. The van der Waals surface area contributed by atoms with Crippen molar-refractivity contribution in [2.24, 2.45) is 0 Å². The fraction of sp³-hybridized carbons (Fsp3) is 0.333. The second-order valence-corrected chi connectivity index (χ2v) is 7.07. The molecule has 0 amide bonds. The summed E-state index contributed by atoms with van der Waals surface area (Å²) in [7, 11) is -3.41. The number of sulfone groups is 1. The highest BCUT2D eigenvalue weighted by molar-refractivity contribution is 9.10. The van der Waals surface area contributed by atoms with Crippen LogP contribution in [0.2, 0.25) is 0 Å². The largest absolute Gasteiger partial charge is 0.272 e. The van der Waals surface area contributed by atoms with Gasteiger partial charge in [-0.2, -0.15) is 5.10 Å². The molecule has 0 saturated carbocycles. The van der Waals surface area contributed by atoms with Crippen LogP contribution in [-0.2, 0) is 22.1 Å². The lowest BCUT2D eigenvalue weighted by Crippen LogP contribution is -2.07. The molecule has 2 rings (SSSR count). The first-order valence-electron chi connectivity index (χ1n) is 5.87. The molecule has 102 valence electrons. The Bertz CT molecular complexity index is 667. The molecule has 0 aromatic carbocycles. The minimum atomic E-state index is -3.41. The van der Waals surface area contributed by atoms with Crippen molar-refractivity contribution in [1.82, 2.24) is 14.8 Å². The summed E-state index contributed by atoms with van der Waals surface area (Å²) in [6.45, 7) is 2.84. The number of rotatable bonds is 5. The molecule has 2 aromatic heterocycles. The van der Waals surface area contributed by atoms with Crippen LogP contribution in [0.4, 0.5) is 0 Å². The first kappa shape index (κ1) is 14.2. The molecular formula is C12H14BrN3O2S. The lowest BCUT2D eigenvalue weighted by molar-refractivity contribution is 0.585. The minimum Gasteiger partial charge on any atom is -0.272 e.